The first-order chi connectivity index (χ1) is 9.79. The van der Waals surface area contributed by atoms with E-state index in [0.717, 1.165) is 39.0 Å². The van der Waals surface area contributed by atoms with E-state index in [-0.39, 0.29) is 18.4 Å². The first kappa shape index (κ1) is 13.6. The Kier molecular flexibility index (Phi) is 4.03. The van der Waals surface area contributed by atoms with Gasteiger partial charge in [-0.1, -0.05) is 24.3 Å². The summed E-state index contributed by atoms with van der Waals surface area (Å²) in [7, 11) is 0. The zero-order chi connectivity index (χ0) is 13.9. The van der Waals surface area contributed by atoms with E-state index in [1.165, 1.54) is 11.1 Å². The highest BCUT2D eigenvalue weighted by Gasteiger charge is 2.34. The summed E-state index contributed by atoms with van der Waals surface area (Å²) >= 11 is 0. The highest BCUT2D eigenvalue weighted by atomic mass is 16.3. The molecule has 0 bridgehead atoms. The molecule has 1 fully saturated rings. The molecule has 108 valence electrons. The van der Waals surface area contributed by atoms with Crippen LogP contribution in [0.25, 0.3) is 0 Å². The molecular formula is C16H22N2O2. The van der Waals surface area contributed by atoms with Gasteiger partial charge in [-0.2, -0.15) is 0 Å². The molecule has 1 aliphatic carbocycles. The van der Waals surface area contributed by atoms with Crippen molar-refractivity contribution >= 4 is 5.91 Å². The van der Waals surface area contributed by atoms with Crippen molar-refractivity contribution < 1.29 is 9.90 Å². The molecular weight excluding hydrogens is 252 g/mol. The zero-order valence-electron chi connectivity index (χ0n) is 11.8. The van der Waals surface area contributed by atoms with E-state index in [2.05, 4.69) is 17.0 Å². The van der Waals surface area contributed by atoms with Gasteiger partial charge in [-0.3, -0.25) is 9.69 Å². The van der Waals surface area contributed by atoms with Crippen LogP contribution in [0.1, 0.15) is 23.5 Å². The molecule has 1 aliphatic heterocycles. The maximum atomic E-state index is 12.6. The van der Waals surface area contributed by atoms with Crippen LogP contribution in [0.4, 0.5) is 0 Å². The van der Waals surface area contributed by atoms with E-state index >= 15 is 0 Å². The third-order valence-electron chi connectivity index (χ3n) is 4.47. The maximum Gasteiger partial charge on any atom is 0.230 e. The molecule has 1 aromatic carbocycles. The summed E-state index contributed by atoms with van der Waals surface area (Å²) < 4.78 is 0. The van der Waals surface area contributed by atoms with E-state index < -0.39 is 0 Å². The van der Waals surface area contributed by atoms with Crippen LogP contribution in [0.2, 0.25) is 0 Å². The largest absolute Gasteiger partial charge is 0.395 e. The van der Waals surface area contributed by atoms with Crippen LogP contribution in [-0.2, 0) is 11.2 Å². The fourth-order valence-electron chi connectivity index (χ4n) is 3.26. The van der Waals surface area contributed by atoms with Crippen molar-refractivity contribution in [3.8, 4) is 0 Å². The SMILES string of the molecule is O=C(C1Cc2ccccc21)N1CCCN(CCO)CC1. The van der Waals surface area contributed by atoms with Gasteiger partial charge in [0.15, 0.2) is 0 Å². The van der Waals surface area contributed by atoms with Crippen molar-refractivity contribution in [2.75, 3.05) is 39.3 Å². The number of aliphatic hydroxyl groups excluding tert-OH is 1. The molecule has 0 saturated carbocycles. The van der Waals surface area contributed by atoms with E-state index in [1.807, 2.05) is 17.0 Å². The smallest absolute Gasteiger partial charge is 0.230 e. The lowest BCUT2D eigenvalue weighted by molar-refractivity contribution is -0.133. The summed E-state index contributed by atoms with van der Waals surface area (Å²) in [5.74, 6) is 0.366. The van der Waals surface area contributed by atoms with Crippen LogP contribution in [-0.4, -0.2) is 60.1 Å². The molecule has 2 aliphatic rings. The van der Waals surface area contributed by atoms with Gasteiger partial charge >= 0.3 is 0 Å². The molecule has 0 radical (unpaired) electrons. The van der Waals surface area contributed by atoms with E-state index in [1.54, 1.807) is 0 Å². The summed E-state index contributed by atoms with van der Waals surface area (Å²) in [5.41, 5.74) is 2.54. The second kappa shape index (κ2) is 5.94. The Morgan fingerprint density at radius 3 is 2.85 bits per heavy atom. The molecule has 0 aromatic heterocycles. The molecule has 1 N–H and O–H groups in total. The Morgan fingerprint density at radius 2 is 2.05 bits per heavy atom. The van der Waals surface area contributed by atoms with Crippen molar-refractivity contribution in [3.05, 3.63) is 35.4 Å². The number of β-amino-alcohol motifs (C(OH)–C–C–N with tert-alkyl or cyclic N) is 1. The Balaban J connectivity index is 1.61. The molecule has 20 heavy (non-hydrogen) atoms. The van der Waals surface area contributed by atoms with Crippen molar-refractivity contribution in [1.82, 2.24) is 9.80 Å². The summed E-state index contributed by atoms with van der Waals surface area (Å²) in [6, 6.07) is 8.25. The van der Waals surface area contributed by atoms with Gasteiger partial charge in [0.25, 0.3) is 0 Å². The predicted octanol–water partition coefficient (Wildman–Crippen LogP) is 0.853. The monoisotopic (exact) mass is 274 g/mol. The molecule has 4 nitrogen and oxygen atoms in total. The predicted molar refractivity (Wildman–Crippen MR) is 77.6 cm³/mol. The minimum atomic E-state index is 0.0793. The highest BCUT2D eigenvalue weighted by molar-refractivity contribution is 5.87. The van der Waals surface area contributed by atoms with Gasteiger partial charge in [-0.15, -0.1) is 0 Å². The second-order valence-electron chi connectivity index (χ2n) is 5.70. The van der Waals surface area contributed by atoms with Crippen LogP contribution < -0.4 is 0 Å². The number of amides is 1. The quantitative estimate of drug-likeness (QED) is 0.889. The number of benzene rings is 1. The fraction of sp³-hybridized carbons (Fsp3) is 0.562. The number of fused-ring (bicyclic) bond motifs is 1. The van der Waals surface area contributed by atoms with Crippen molar-refractivity contribution in [3.63, 3.8) is 0 Å². The van der Waals surface area contributed by atoms with Gasteiger partial charge in [-0.05, 0) is 30.5 Å². The Morgan fingerprint density at radius 1 is 1.20 bits per heavy atom. The standard InChI is InChI=1S/C16H22N2O2/c19-11-10-17-6-3-7-18(9-8-17)16(20)15-12-13-4-1-2-5-14(13)15/h1-2,4-5,15,19H,3,6-12H2. The highest BCUT2D eigenvalue weighted by Crippen LogP contribution is 2.36. The normalized spacial score (nSPS) is 22.9. The number of hydrogen-bond donors (Lipinski definition) is 1. The number of hydrogen-bond acceptors (Lipinski definition) is 3. The molecule has 1 atom stereocenters. The molecule has 1 saturated heterocycles. The lowest BCUT2D eigenvalue weighted by atomic mass is 9.77. The van der Waals surface area contributed by atoms with E-state index in [0.29, 0.717) is 6.54 Å². The van der Waals surface area contributed by atoms with Crippen LogP contribution in [0.5, 0.6) is 0 Å². The first-order valence-electron chi connectivity index (χ1n) is 7.49. The molecule has 1 aromatic rings. The van der Waals surface area contributed by atoms with Gasteiger partial charge in [0.05, 0.1) is 12.5 Å². The van der Waals surface area contributed by atoms with Crippen molar-refractivity contribution in [2.24, 2.45) is 0 Å². The summed E-state index contributed by atoms with van der Waals surface area (Å²) in [6.07, 6.45) is 1.89. The molecule has 4 heteroatoms. The maximum absolute atomic E-state index is 12.6. The third kappa shape index (κ3) is 2.58. The van der Waals surface area contributed by atoms with E-state index in [4.69, 9.17) is 5.11 Å². The Hall–Kier alpha value is -1.39. The summed E-state index contributed by atoms with van der Waals surface area (Å²) in [5, 5.41) is 9.01. The summed E-state index contributed by atoms with van der Waals surface area (Å²) in [6.45, 7) is 4.40. The average Bonchev–Trinajstić information content (AvgIpc) is 2.66. The Labute approximate surface area is 120 Å². The number of nitrogens with zero attached hydrogens (tertiary/aromatic N) is 2. The number of carbonyl (C=O) groups is 1. The van der Waals surface area contributed by atoms with Gasteiger partial charge in [0, 0.05) is 26.2 Å². The molecule has 1 heterocycles. The zero-order valence-corrected chi connectivity index (χ0v) is 11.8. The fourth-order valence-corrected chi connectivity index (χ4v) is 3.26. The van der Waals surface area contributed by atoms with Crippen molar-refractivity contribution in [1.29, 1.82) is 0 Å². The molecule has 3 rings (SSSR count). The average molecular weight is 274 g/mol. The van der Waals surface area contributed by atoms with Gasteiger partial charge in [0.1, 0.15) is 0 Å². The first-order valence-corrected chi connectivity index (χ1v) is 7.49. The van der Waals surface area contributed by atoms with Crippen molar-refractivity contribution in [2.45, 2.75) is 18.8 Å². The van der Waals surface area contributed by atoms with Crippen LogP contribution >= 0.6 is 0 Å². The lowest BCUT2D eigenvalue weighted by Crippen LogP contribution is -2.41. The van der Waals surface area contributed by atoms with Gasteiger partial charge in [-0.25, -0.2) is 0 Å². The molecule has 1 amide bonds. The van der Waals surface area contributed by atoms with Crippen LogP contribution in [0.15, 0.2) is 24.3 Å². The minimum absolute atomic E-state index is 0.0793. The van der Waals surface area contributed by atoms with Crippen LogP contribution in [0, 0.1) is 0 Å². The Bertz CT molecular complexity index is 489. The third-order valence-corrected chi connectivity index (χ3v) is 4.47. The van der Waals surface area contributed by atoms with E-state index in [9.17, 15) is 4.79 Å². The summed E-state index contributed by atoms with van der Waals surface area (Å²) in [4.78, 5) is 16.9. The lowest BCUT2D eigenvalue weighted by Gasteiger charge is -2.33. The molecule has 0 spiro atoms. The number of aliphatic hydroxyl groups is 1. The number of carbonyl (C=O) groups excluding carboxylic acids is 1. The van der Waals surface area contributed by atoms with Gasteiger partial charge in [0.2, 0.25) is 5.91 Å². The number of rotatable bonds is 3. The minimum Gasteiger partial charge on any atom is -0.395 e. The second-order valence-corrected chi connectivity index (χ2v) is 5.70. The van der Waals surface area contributed by atoms with Crippen LogP contribution in [0.3, 0.4) is 0 Å². The topological polar surface area (TPSA) is 43.8 Å². The van der Waals surface area contributed by atoms with Gasteiger partial charge < -0.3 is 10.0 Å². The molecule has 1 unspecified atom stereocenters.